The summed E-state index contributed by atoms with van der Waals surface area (Å²) in [6.07, 6.45) is -0.462. The molecule has 2 fully saturated rings. The van der Waals surface area contributed by atoms with Crippen molar-refractivity contribution in [2.45, 2.75) is 56.6 Å². The first-order valence-electron chi connectivity index (χ1n) is 11.2. The highest BCUT2D eigenvalue weighted by molar-refractivity contribution is 5.85. The van der Waals surface area contributed by atoms with E-state index in [1.165, 1.54) is 5.56 Å². The maximum atomic E-state index is 13.3. The van der Waals surface area contributed by atoms with Gasteiger partial charge < -0.3 is 15.4 Å². The van der Waals surface area contributed by atoms with Crippen molar-refractivity contribution in [1.29, 1.82) is 0 Å². The summed E-state index contributed by atoms with van der Waals surface area (Å²) < 4.78 is 46.7. The molecular weight excluding hydrogens is 504 g/mol. The van der Waals surface area contributed by atoms with Crippen LogP contribution < -0.4 is 15.4 Å². The predicted molar refractivity (Wildman–Crippen MR) is 129 cm³/mol. The highest BCUT2D eigenvalue weighted by Gasteiger charge is 2.38. The van der Waals surface area contributed by atoms with Crippen LogP contribution in [-0.4, -0.2) is 38.9 Å². The van der Waals surface area contributed by atoms with Gasteiger partial charge in [0.25, 0.3) is 5.82 Å². The van der Waals surface area contributed by atoms with Gasteiger partial charge >= 0.3 is 6.18 Å². The lowest BCUT2D eigenvalue weighted by Gasteiger charge is -2.34. The maximum Gasteiger partial charge on any atom is 0.453 e. The number of benzene rings is 2. The molecule has 1 aromatic heterocycles. The molecule has 35 heavy (non-hydrogen) atoms. The smallest absolute Gasteiger partial charge is 0.453 e. The van der Waals surface area contributed by atoms with Crippen LogP contribution >= 0.6 is 24.8 Å². The molecule has 190 valence electrons. The van der Waals surface area contributed by atoms with Gasteiger partial charge in [0.2, 0.25) is 0 Å². The highest BCUT2D eigenvalue weighted by atomic mass is 35.5. The lowest BCUT2D eigenvalue weighted by molar-refractivity contribution is -0.146. The van der Waals surface area contributed by atoms with Crippen molar-refractivity contribution in [3.8, 4) is 11.4 Å². The molecular formula is C23H27Cl2F3N6O. The van der Waals surface area contributed by atoms with E-state index in [1.807, 2.05) is 18.2 Å². The summed E-state index contributed by atoms with van der Waals surface area (Å²) in [7, 11) is 0. The maximum absolute atomic E-state index is 13.3. The third-order valence-electron chi connectivity index (χ3n) is 6.00. The van der Waals surface area contributed by atoms with Crippen molar-refractivity contribution in [2.75, 3.05) is 6.54 Å². The quantitative estimate of drug-likeness (QED) is 0.463. The van der Waals surface area contributed by atoms with Crippen LogP contribution in [0.4, 0.5) is 13.2 Å². The first-order valence-corrected chi connectivity index (χ1v) is 11.2. The molecule has 5 rings (SSSR count). The van der Waals surface area contributed by atoms with Gasteiger partial charge in [0, 0.05) is 24.2 Å². The van der Waals surface area contributed by atoms with Crippen LogP contribution in [0.1, 0.15) is 48.7 Å². The van der Waals surface area contributed by atoms with Gasteiger partial charge in [0.1, 0.15) is 5.75 Å². The monoisotopic (exact) mass is 530 g/mol. The SMILES string of the molecule is Cl.Cl.FC(F)(F)c1nnnn1-c1ccc(OC2CC2)c(CNC2CCCNC2c2ccccc2)c1. The van der Waals surface area contributed by atoms with E-state index < -0.39 is 12.0 Å². The summed E-state index contributed by atoms with van der Waals surface area (Å²) in [4.78, 5) is 0. The molecule has 0 radical (unpaired) electrons. The van der Waals surface area contributed by atoms with Crippen LogP contribution in [0.2, 0.25) is 0 Å². The molecule has 3 aromatic rings. The second kappa shape index (κ2) is 11.6. The Morgan fingerprint density at radius 2 is 1.83 bits per heavy atom. The molecule has 1 saturated carbocycles. The minimum atomic E-state index is -4.65. The van der Waals surface area contributed by atoms with Crippen molar-refractivity contribution in [3.63, 3.8) is 0 Å². The minimum absolute atomic E-state index is 0. The zero-order chi connectivity index (χ0) is 22.8. The molecule has 2 unspecified atom stereocenters. The average Bonchev–Trinajstić information content (AvgIpc) is 3.49. The molecule has 2 atom stereocenters. The van der Waals surface area contributed by atoms with E-state index in [0.29, 0.717) is 12.3 Å². The molecule has 2 heterocycles. The number of tetrazole rings is 1. The van der Waals surface area contributed by atoms with Crippen LogP contribution in [0.3, 0.4) is 0 Å². The van der Waals surface area contributed by atoms with Crippen LogP contribution in [0.25, 0.3) is 5.69 Å². The van der Waals surface area contributed by atoms with E-state index in [9.17, 15) is 13.2 Å². The van der Waals surface area contributed by atoms with Crippen molar-refractivity contribution in [2.24, 2.45) is 0 Å². The third kappa shape index (κ3) is 6.43. The number of rotatable bonds is 7. The molecule has 0 amide bonds. The van der Waals surface area contributed by atoms with E-state index in [4.69, 9.17) is 4.74 Å². The lowest BCUT2D eigenvalue weighted by Crippen LogP contribution is -2.45. The fourth-order valence-electron chi connectivity index (χ4n) is 4.21. The molecule has 12 heteroatoms. The summed E-state index contributed by atoms with van der Waals surface area (Å²) in [5.74, 6) is -0.478. The molecule has 1 aliphatic heterocycles. The van der Waals surface area contributed by atoms with Crippen molar-refractivity contribution in [3.05, 3.63) is 65.5 Å². The van der Waals surface area contributed by atoms with Gasteiger partial charge in [-0.05, 0) is 66.4 Å². The Morgan fingerprint density at radius 3 is 2.54 bits per heavy atom. The number of aromatic nitrogens is 4. The van der Waals surface area contributed by atoms with Gasteiger partial charge in [-0.2, -0.15) is 17.9 Å². The molecule has 0 spiro atoms. The number of hydrogen-bond donors (Lipinski definition) is 2. The summed E-state index contributed by atoms with van der Waals surface area (Å²) in [5.41, 5.74) is 2.23. The highest BCUT2D eigenvalue weighted by Crippen LogP contribution is 2.33. The number of ether oxygens (including phenoxy) is 1. The predicted octanol–water partition coefficient (Wildman–Crippen LogP) is 4.65. The van der Waals surface area contributed by atoms with Crippen molar-refractivity contribution < 1.29 is 17.9 Å². The Hall–Kier alpha value is -2.40. The Labute approximate surface area is 213 Å². The Morgan fingerprint density at radius 1 is 1.06 bits per heavy atom. The number of nitrogens with zero attached hydrogens (tertiary/aromatic N) is 4. The van der Waals surface area contributed by atoms with Gasteiger partial charge in [0.05, 0.1) is 11.8 Å². The summed E-state index contributed by atoms with van der Waals surface area (Å²) in [6, 6.07) is 15.5. The lowest BCUT2D eigenvalue weighted by atomic mass is 9.92. The first-order chi connectivity index (χ1) is 16.0. The fraction of sp³-hybridized carbons (Fsp3) is 0.435. The van der Waals surface area contributed by atoms with E-state index in [1.54, 1.807) is 18.2 Å². The van der Waals surface area contributed by atoms with Gasteiger partial charge in [0.15, 0.2) is 0 Å². The van der Waals surface area contributed by atoms with Crippen LogP contribution in [0.5, 0.6) is 5.75 Å². The molecule has 2 aromatic carbocycles. The molecule has 1 saturated heterocycles. The van der Waals surface area contributed by atoms with Gasteiger partial charge in [-0.15, -0.1) is 29.9 Å². The molecule has 1 aliphatic carbocycles. The van der Waals surface area contributed by atoms with Gasteiger partial charge in [-0.25, -0.2) is 0 Å². The number of hydrogen-bond acceptors (Lipinski definition) is 6. The fourth-order valence-corrected chi connectivity index (χ4v) is 4.21. The van der Waals surface area contributed by atoms with E-state index in [2.05, 4.69) is 38.3 Å². The molecule has 2 N–H and O–H groups in total. The van der Waals surface area contributed by atoms with Crippen LogP contribution in [0, 0.1) is 0 Å². The molecule has 2 aliphatic rings. The second-order valence-electron chi connectivity index (χ2n) is 8.49. The van der Waals surface area contributed by atoms with Gasteiger partial charge in [-0.3, -0.25) is 0 Å². The largest absolute Gasteiger partial charge is 0.490 e. The Kier molecular flexibility index (Phi) is 8.98. The Bertz CT molecular complexity index is 1090. The van der Waals surface area contributed by atoms with Crippen LogP contribution in [0.15, 0.2) is 48.5 Å². The number of piperidine rings is 1. The zero-order valence-corrected chi connectivity index (χ0v) is 20.4. The second-order valence-corrected chi connectivity index (χ2v) is 8.49. The number of nitrogens with one attached hydrogen (secondary N) is 2. The summed E-state index contributed by atoms with van der Waals surface area (Å²) in [5, 5.41) is 17.1. The van der Waals surface area contributed by atoms with E-state index >= 15 is 0 Å². The van der Waals surface area contributed by atoms with Crippen molar-refractivity contribution >= 4 is 24.8 Å². The van der Waals surface area contributed by atoms with Crippen LogP contribution in [-0.2, 0) is 12.7 Å². The Balaban J connectivity index is 0.00000171. The minimum Gasteiger partial charge on any atom is -0.490 e. The number of halogens is 5. The summed E-state index contributed by atoms with van der Waals surface area (Å²) >= 11 is 0. The number of alkyl halides is 3. The average molecular weight is 531 g/mol. The molecule has 7 nitrogen and oxygen atoms in total. The first kappa shape index (κ1) is 27.2. The van der Waals surface area contributed by atoms with Crippen molar-refractivity contribution in [1.82, 2.24) is 30.8 Å². The van der Waals surface area contributed by atoms with Gasteiger partial charge in [-0.1, -0.05) is 30.3 Å². The van der Waals surface area contributed by atoms with E-state index in [-0.39, 0.29) is 48.7 Å². The normalized spacial score (nSPS) is 20.0. The zero-order valence-electron chi connectivity index (χ0n) is 18.7. The molecule has 0 bridgehead atoms. The standard InChI is InChI=1S/C23H25F3N6O.2ClH/c24-23(25,26)22-29-30-31-32(22)17-8-11-20(33-18-9-10-18)16(13-17)14-28-19-7-4-12-27-21(19)15-5-2-1-3-6-15;;/h1-3,5-6,8,11,13,18-19,21,27-28H,4,7,9-10,12,14H2;2*1H. The topological polar surface area (TPSA) is 76.9 Å². The summed E-state index contributed by atoms with van der Waals surface area (Å²) in [6.45, 7) is 1.40. The van der Waals surface area contributed by atoms with E-state index in [0.717, 1.165) is 42.5 Å². The third-order valence-corrected chi connectivity index (χ3v) is 6.00.